The first-order valence-corrected chi connectivity index (χ1v) is 22.8. The fourth-order valence-electron chi connectivity index (χ4n) is 8.69. The Labute approximate surface area is 398 Å². The van der Waals surface area contributed by atoms with Crippen LogP contribution in [-0.2, 0) is 54.7 Å². The third kappa shape index (κ3) is 13.9. The van der Waals surface area contributed by atoms with Gasteiger partial charge in [-0.2, -0.15) is 0 Å². The molecule has 3 heterocycles. The molecule has 3 aliphatic heterocycles. The second kappa shape index (κ2) is 23.9. The van der Waals surface area contributed by atoms with Crippen molar-refractivity contribution in [1.82, 2.24) is 40.0 Å². The molecule has 2 aliphatic carbocycles. The van der Waals surface area contributed by atoms with Crippen molar-refractivity contribution in [3.63, 3.8) is 0 Å². The van der Waals surface area contributed by atoms with Gasteiger partial charge in [0.05, 0.1) is 13.1 Å². The van der Waals surface area contributed by atoms with Gasteiger partial charge in [0, 0.05) is 102 Å². The summed E-state index contributed by atoms with van der Waals surface area (Å²) in [5.74, 6) is -1.90. The molecule has 2 saturated carbocycles. The number of urea groups is 2. The van der Waals surface area contributed by atoms with E-state index >= 15 is 0 Å². The van der Waals surface area contributed by atoms with Gasteiger partial charge in [0.25, 0.3) is 0 Å². The Morgan fingerprint density at radius 3 is 1.21 bits per heavy atom. The monoisotopic (exact) mass is 954 g/mol. The summed E-state index contributed by atoms with van der Waals surface area (Å²) in [6, 6.07) is 13.9. The van der Waals surface area contributed by atoms with Crippen LogP contribution >= 0.6 is 24.8 Å². The smallest absolute Gasteiger partial charge is 0.327 e. The maximum absolute atomic E-state index is 13.6. The van der Waals surface area contributed by atoms with E-state index in [9.17, 15) is 38.4 Å². The van der Waals surface area contributed by atoms with Crippen molar-refractivity contribution in [3.05, 3.63) is 70.8 Å². The number of nitrogens with zero attached hydrogens (tertiary/aromatic N) is 6. The highest BCUT2D eigenvalue weighted by molar-refractivity contribution is 5.96. The maximum atomic E-state index is 13.6. The minimum atomic E-state index is -0.407. The van der Waals surface area contributed by atoms with Crippen LogP contribution in [0, 0.1) is 0 Å². The Morgan fingerprint density at radius 1 is 0.530 bits per heavy atom. The normalized spacial score (nSPS) is 19.5. The quantitative estimate of drug-likeness (QED) is 0.191. The fraction of sp³-hybridized carbons (Fsp3) is 0.565. The van der Waals surface area contributed by atoms with E-state index in [1.807, 2.05) is 48.5 Å². The second-order valence-electron chi connectivity index (χ2n) is 17.7. The number of halogens is 2. The van der Waals surface area contributed by atoms with E-state index in [0.29, 0.717) is 51.9 Å². The number of likely N-dealkylation sites (tertiary alicyclic amines) is 2. The van der Waals surface area contributed by atoms with Crippen molar-refractivity contribution in [3.8, 4) is 0 Å². The molecule has 5 fully saturated rings. The van der Waals surface area contributed by atoms with Crippen molar-refractivity contribution < 1.29 is 38.4 Å². The van der Waals surface area contributed by atoms with Gasteiger partial charge >= 0.3 is 12.1 Å². The molecule has 0 radical (unpaired) electrons. The van der Waals surface area contributed by atoms with Crippen molar-refractivity contribution in [2.24, 2.45) is 11.5 Å². The van der Waals surface area contributed by atoms with Gasteiger partial charge in [0.2, 0.25) is 35.4 Å². The number of carbonyl (C=O) groups excluding carboxylic acids is 8. The minimum absolute atomic E-state index is 0. The van der Waals surface area contributed by atoms with E-state index in [0.717, 1.165) is 47.9 Å². The lowest BCUT2D eigenvalue weighted by Gasteiger charge is -2.30. The van der Waals surface area contributed by atoms with Gasteiger partial charge in [-0.3, -0.25) is 38.6 Å². The van der Waals surface area contributed by atoms with Crippen molar-refractivity contribution in [1.29, 1.82) is 0 Å². The number of hydrogen-bond donors (Lipinski definition) is 4. The zero-order valence-corrected chi connectivity index (χ0v) is 39.0. The zero-order chi connectivity index (χ0) is 45.3. The number of nitrogens with two attached hydrogens (primary N) is 2. The highest BCUT2D eigenvalue weighted by Gasteiger charge is 2.42. The summed E-state index contributed by atoms with van der Waals surface area (Å²) in [5.41, 5.74) is 15.4. The largest absolute Gasteiger partial charge is 0.350 e. The number of aryl methyl sites for hydroxylation is 2. The summed E-state index contributed by atoms with van der Waals surface area (Å²) in [6.45, 7) is 1.63. The van der Waals surface area contributed by atoms with Gasteiger partial charge in [0.15, 0.2) is 0 Å². The standard InChI is InChI=1S/C46H62N10O8.2ClH/c47-25-33-5-1-31(2-6-33)9-15-43(61)55(37-11-12-37)45(63)53-21-17-35(27-53)49-39(57)29-51-23-19-42(60)52(24-20-41(51)59)30-40(58)50-36-18-22-54(28-36)46(64)56(38-13-14-38)44(62)16-10-32-3-7-34(26-48)8-4-32;;/h1-8,35-38H,9-30,47-48H2,(H,49,57)(H,50,58);2*1H. The van der Waals surface area contributed by atoms with Crippen LogP contribution in [0.1, 0.15) is 86.5 Å². The number of amides is 10. The molecule has 18 nitrogen and oxygen atoms in total. The molecule has 5 aliphatic rings. The number of nitrogens with one attached hydrogen (secondary N) is 2. The second-order valence-corrected chi connectivity index (χ2v) is 17.7. The molecule has 2 unspecified atom stereocenters. The summed E-state index contributed by atoms with van der Waals surface area (Å²) in [5, 5.41) is 5.86. The lowest BCUT2D eigenvalue weighted by molar-refractivity contribution is -0.143. The van der Waals surface area contributed by atoms with Crippen LogP contribution in [0.3, 0.4) is 0 Å². The van der Waals surface area contributed by atoms with Crippen LogP contribution in [0.15, 0.2) is 48.5 Å². The van der Waals surface area contributed by atoms with Crippen molar-refractivity contribution in [2.75, 3.05) is 52.4 Å². The van der Waals surface area contributed by atoms with E-state index in [1.165, 1.54) is 19.6 Å². The molecule has 6 N–H and O–H groups in total. The van der Waals surface area contributed by atoms with Crippen LogP contribution in [0.4, 0.5) is 9.59 Å². The topological polar surface area (TPSA) is 232 Å². The first kappa shape index (κ1) is 51.7. The SMILES string of the molecule is Cl.Cl.NCc1ccc(CCC(=O)N(C(=O)N2CCC(NC(=O)CN3CCC(=O)N(CC(=O)NC4CCN(C(=O)N(C(=O)CCc5ccc(CN)cc5)C5CC5)C4)CCC3=O)C2)C2CC2)cc1. The maximum Gasteiger partial charge on any atom is 0.327 e. The molecule has 20 heteroatoms. The van der Waals surface area contributed by atoms with Crippen LogP contribution < -0.4 is 22.1 Å². The Bertz CT molecular complexity index is 1920. The first-order valence-electron chi connectivity index (χ1n) is 22.8. The van der Waals surface area contributed by atoms with Gasteiger partial charge in [-0.1, -0.05) is 48.5 Å². The molecule has 66 heavy (non-hydrogen) atoms. The molecule has 7 rings (SSSR count). The van der Waals surface area contributed by atoms with Crippen LogP contribution in [-0.4, -0.2) is 153 Å². The van der Waals surface area contributed by atoms with Crippen LogP contribution in [0.2, 0.25) is 0 Å². The molecule has 0 spiro atoms. The van der Waals surface area contributed by atoms with E-state index in [-0.39, 0.29) is 150 Å². The van der Waals surface area contributed by atoms with Gasteiger partial charge in [-0.25, -0.2) is 9.59 Å². The Kier molecular flexibility index (Phi) is 18.7. The van der Waals surface area contributed by atoms with E-state index < -0.39 is 11.8 Å². The number of benzene rings is 2. The van der Waals surface area contributed by atoms with Gasteiger partial charge < -0.3 is 41.7 Å². The van der Waals surface area contributed by atoms with Crippen molar-refractivity contribution in [2.45, 2.75) is 114 Å². The lowest BCUT2D eigenvalue weighted by atomic mass is 10.1. The number of imide groups is 2. The molecule has 0 aromatic heterocycles. The Morgan fingerprint density at radius 2 is 0.879 bits per heavy atom. The summed E-state index contributed by atoms with van der Waals surface area (Å²) >= 11 is 0. The predicted octanol–water partition coefficient (Wildman–Crippen LogP) is 2.07. The van der Waals surface area contributed by atoms with E-state index in [1.54, 1.807) is 9.80 Å². The third-order valence-corrected chi connectivity index (χ3v) is 12.8. The molecule has 2 aromatic rings. The number of rotatable bonds is 16. The highest BCUT2D eigenvalue weighted by Crippen LogP contribution is 2.31. The summed E-state index contributed by atoms with van der Waals surface area (Å²) in [4.78, 5) is 115. The van der Waals surface area contributed by atoms with Crippen molar-refractivity contribution >= 4 is 72.3 Å². The molecule has 3 saturated heterocycles. The average molecular weight is 956 g/mol. The van der Waals surface area contributed by atoms with Crippen LogP contribution in [0.25, 0.3) is 0 Å². The number of hydrogen-bond acceptors (Lipinski definition) is 10. The number of carbonyl (C=O) groups is 8. The Hall–Kier alpha value is -5.30. The van der Waals surface area contributed by atoms with Crippen LogP contribution in [0.5, 0.6) is 0 Å². The molecule has 2 aromatic carbocycles. The van der Waals surface area contributed by atoms with Gasteiger partial charge in [0.1, 0.15) is 0 Å². The first-order chi connectivity index (χ1) is 30.9. The summed E-state index contributed by atoms with van der Waals surface area (Å²) in [6.07, 6.45) is 5.38. The molecule has 2 atom stereocenters. The highest BCUT2D eigenvalue weighted by atomic mass is 35.5. The summed E-state index contributed by atoms with van der Waals surface area (Å²) < 4.78 is 0. The third-order valence-electron chi connectivity index (χ3n) is 12.8. The fourth-order valence-corrected chi connectivity index (χ4v) is 8.69. The predicted molar refractivity (Wildman–Crippen MR) is 249 cm³/mol. The lowest BCUT2D eigenvalue weighted by Crippen LogP contribution is -2.51. The average Bonchev–Trinajstić information content (AvgIpc) is 4.22. The molecule has 0 bridgehead atoms. The minimum Gasteiger partial charge on any atom is -0.350 e. The molecule has 360 valence electrons. The van der Waals surface area contributed by atoms with E-state index in [4.69, 9.17) is 11.5 Å². The van der Waals surface area contributed by atoms with Gasteiger partial charge in [-0.15, -0.1) is 24.8 Å². The Balaban J connectivity index is 0.00000408. The molecular weight excluding hydrogens is 891 g/mol. The van der Waals surface area contributed by atoms with E-state index in [2.05, 4.69) is 10.6 Å². The zero-order valence-electron chi connectivity index (χ0n) is 37.4. The van der Waals surface area contributed by atoms with Gasteiger partial charge in [-0.05, 0) is 73.6 Å². The molecule has 10 amide bonds. The summed E-state index contributed by atoms with van der Waals surface area (Å²) in [7, 11) is 0. The molecular formula is C46H64Cl2N10O8.